The lowest BCUT2D eigenvalue weighted by molar-refractivity contribution is -0.121. The van der Waals surface area contributed by atoms with E-state index in [-0.39, 0.29) is 11.1 Å². The van der Waals surface area contributed by atoms with E-state index in [4.69, 9.17) is 0 Å². The van der Waals surface area contributed by atoms with E-state index in [2.05, 4.69) is 0 Å². The number of anilines is 2. The van der Waals surface area contributed by atoms with E-state index in [1.54, 1.807) is 96.4 Å². The van der Waals surface area contributed by atoms with Crippen molar-refractivity contribution in [2.24, 2.45) is 0 Å². The molecule has 0 unspecified atom stereocenters. The number of rotatable bonds is 5. The second-order valence-corrected chi connectivity index (χ2v) is 8.78. The van der Waals surface area contributed by atoms with Crippen LogP contribution in [0.3, 0.4) is 0 Å². The molecule has 1 N–H and O–H groups in total. The number of carbonyl (C=O) groups is 4. The van der Waals surface area contributed by atoms with Crippen LogP contribution < -0.4 is 9.80 Å². The molecule has 1 aliphatic rings. The van der Waals surface area contributed by atoms with Gasteiger partial charge in [-0.3, -0.25) is 9.59 Å². The smallest absolute Gasteiger partial charge is 0.343 e. The first-order valence-corrected chi connectivity index (χ1v) is 11.9. The van der Waals surface area contributed by atoms with Gasteiger partial charge in [-0.15, -0.1) is 0 Å². The third-order valence-electron chi connectivity index (χ3n) is 6.42. The summed E-state index contributed by atoms with van der Waals surface area (Å²) in [6.07, 6.45) is 1.46. The monoisotopic (exact) mass is 505 g/mol. The van der Waals surface area contributed by atoms with Gasteiger partial charge in [0, 0.05) is 11.4 Å². The molecule has 0 spiro atoms. The van der Waals surface area contributed by atoms with Gasteiger partial charge in [0.2, 0.25) is 0 Å². The highest BCUT2D eigenvalue weighted by Crippen LogP contribution is 2.31. The van der Waals surface area contributed by atoms with Crippen molar-refractivity contribution in [1.82, 2.24) is 4.57 Å². The topological polar surface area (TPSA) is 99.9 Å². The molecule has 1 aromatic heterocycles. The molecule has 8 heteroatoms. The number of carboxylic acid groups (broad SMARTS) is 1. The lowest BCUT2D eigenvalue weighted by Crippen LogP contribution is -2.57. The van der Waals surface area contributed by atoms with Crippen molar-refractivity contribution in [2.45, 2.75) is 13.8 Å². The summed E-state index contributed by atoms with van der Waals surface area (Å²) in [4.78, 5) is 54.6. The van der Waals surface area contributed by atoms with E-state index in [0.29, 0.717) is 28.3 Å². The largest absolute Gasteiger partial charge is 0.478 e. The summed E-state index contributed by atoms with van der Waals surface area (Å²) >= 11 is 0. The predicted molar refractivity (Wildman–Crippen MR) is 143 cm³/mol. The minimum atomic E-state index is -1.07. The van der Waals surface area contributed by atoms with Gasteiger partial charge in [0.25, 0.3) is 11.8 Å². The number of hydrogen-bond donors (Lipinski definition) is 1. The Hall–Kier alpha value is -5.24. The predicted octanol–water partition coefficient (Wildman–Crippen LogP) is 5.38. The lowest BCUT2D eigenvalue weighted by Gasteiger charge is -2.33. The molecule has 5 rings (SSSR count). The normalized spacial score (nSPS) is 13.7. The van der Waals surface area contributed by atoms with Gasteiger partial charge < -0.3 is 9.67 Å². The number of nitrogens with zero attached hydrogens (tertiary/aromatic N) is 3. The number of aryl methyl sites for hydroxylation is 1. The zero-order chi connectivity index (χ0) is 27.0. The highest BCUT2D eigenvalue weighted by Gasteiger charge is 2.43. The van der Waals surface area contributed by atoms with Crippen LogP contribution in [0.15, 0.2) is 96.6 Å². The Morgan fingerprint density at radius 3 is 1.76 bits per heavy atom. The molecular weight excluding hydrogens is 482 g/mol. The Labute approximate surface area is 218 Å². The first kappa shape index (κ1) is 24.5. The molecule has 0 aliphatic carbocycles. The maximum atomic E-state index is 13.6. The molecule has 0 atom stereocenters. The van der Waals surface area contributed by atoms with Crippen LogP contribution in [-0.4, -0.2) is 33.5 Å². The first-order valence-electron chi connectivity index (χ1n) is 11.9. The second kappa shape index (κ2) is 9.67. The Morgan fingerprint density at radius 2 is 1.24 bits per heavy atom. The van der Waals surface area contributed by atoms with Gasteiger partial charge in [-0.25, -0.2) is 19.4 Å². The van der Waals surface area contributed by atoms with Gasteiger partial charge in [0.1, 0.15) is 5.57 Å². The van der Waals surface area contributed by atoms with Gasteiger partial charge in [0.15, 0.2) is 0 Å². The zero-order valence-corrected chi connectivity index (χ0v) is 20.7. The average Bonchev–Trinajstić information content (AvgIpc) is 3.20. The maximum absolute atomic E-state index is 13.6. The fraction of sp³-hybridized carbons (Fsp3) is 0.0667. The number of urea groups is 1. The molecule has 0 saturated carbocycles. The summed E-state index contributed by atoms with van der Waals surface area (Å²) in [6.45, 7) is 3.60. The van der Waals surface area contributed by atoms with Gasteiger partial charge >= 0.3 is 12.0 Å². The number of benzene rings is 3. The molecule has 0 bridgehead atoms. The third kappa shape index (κ3) is 4.08. The van der Waals surface area contributed by atoms with E-state index in [0.717, 1.165) is 15.5 Å². The van der Waals surface area contributed by atoms with E-state index in [9.17, 15) is 24.3 Å². The van der Waals surface area contributed by atoms with Crippen LogP contribution in [0, 0.1) is 13.8 Å². The minimum Gasteiger partial charge on any atom is -0.478 e. The number of aromatic nitrogens is 1. The maximum Gasteiger partial charge on any atom is 0.343 e. The zero-order valence-electron chi connectivity index (χ0n) is 20.7. The number of aromatic carboxylic acids is 1. The molecule has 4 aromatic rings. The molecule has 188 valence electrons. The summed E-state index contributed by atoms with van der Waals surface area (Å²) < 4.78 is 1.77. The van der Waals surface area contributed by atoms with Gasteiger partial charge in [-0.05, 0) is 68.0 Å². The number of barbiturate groups is 1. The molecular formula is C30H23N3O5. The Balaban J connectivity index is 1.67. The summed E-state index contributed by atoms with van der Waals surface area (Å²) in [5.74, 6) is -2.55. The average molecular weight is 506 g/mol. The molecule has 38 heavy (non-hydrogen) atoms. The molecule has 2 heterocycles. The SMILES string of the molecule is Cc1cc(C=C2C(=O)N(c3ccccc3)C(=O)N(c3ccccc3)C2=O)c(C)n1-c1ccccc1C(=O)O. The van der Waals surface area contributed by atoms with Crippen LogP contribution in [0.4, 0.5) is 16.2 Å². The summed E-state index contributed by atoms with van der Waals surface area (Å²) in [7, 11) is 0. The van der Waals surface area contributed by atoms with E-state index < -0.39 is 23.8 Å². The van der Waals surface area contributed by atoms with Crippen molar-refractivity contribution in [1.29, 1.82) is 0 Å². The van der Waals surface area contributed by atoms with Crippen molar-refractivity contribution in [3.8, 4) is 5.69 Å². The van der Waals surface area contributed by atoms with Crippen molar-refractivity contribution in [2.75, 3.05) is 9.80 Å². The Morgan fingerprint density at radius 1 is 0.737 bits per heavy atom. The number of hydrogen-bond acceptors (Lipinski definition) is 4. The first-order chi connectivity index (χ1) is 18.3. The number of para-hydroxylation sites is 3. The van der Waals surface area contributed by atoms with E-state index >= 15 is 0 Å². The van der Waals surface area contributed by atoms with Gasteiger partial charge in [-0.1, -0.05) is 48.5 Å². The number of carbonyl (C=O) groups excluding carboxylic acids is 3. The molecule has 4 amide bonds. The number of amides is 4. The fourth-order valence-electron chi connectivity index (χ4n) is 4.65. The molecule has 8 nitrogen and oxygen atoms in total. The van der Waals surface area contributed by atoms with Crippen LogP contribution in [0.1, 0.15) is 27.3 Å². The summed E-state index contributed by atoms with van der Waals surface area (Å²) in [6, 6.07) is 24.5. The van der Waals surface area contributed by atoms with Crippen molar-refractivity contribution >= 4 is 41.3 Å². The molecule has 1 fully saturated rings. The van der Waals surface area contributed by atoms with E-state index in [1.165, 1.54) is 12.1 Å². The highest BCUT2D eigenvalue weighted by molar-refractivity contribution is 6.46. The van der Waals surface area contributed by atoms with Gasteiger partial charge in [0.05, 0.1) is 22.6 Å². The molecule has 1 saturated heterocycles. The van der Waals surface area contributed by atoms with Crippen LogP contribution in [-0.2, 0) is 9.59 Å². The summed E-state index contributed by atoms with van der Waals surface area (Å²) in [5.41, 5.74) is 2.97. The van der Waals surface area contributed by atoms with Crippen LogP contribution in [0.2, 0.25) is 0 Å². The molecule has 3 aromatic carbocycles. The number of carboxylic acids is 1. The van der Waals surface area contributed by atoms with Crippen LogP contribution in [0.5, 0.6) is 0 Å². The quantitative estimate of drug-likeness (QED) is 0.290. The Bertz CT molecular complexity index is 1560. The Kier molecular flexibility index (Phi) is 6.22. The second-order valence-electron chi connectivity index (χ2n) is 8.78. The minimum absolute atomic E-state index is 0.120. The van der Waals surface area contributed by atoms with Crippen molar-refractivity contribution in [3.05, 3.63) is 119 Å². The molecule has 1 aliphatic heterocycles. The van der Waals surface area contributed by atoms with Crippen LogP contribution >= 0.6 is 0 Å². The third-order valence-corrected chi connectivity index (χ3v) is 6.42. The van der Waals surface area contributed by atoms with Crippen molar-refractivity contribution in [3.63, 3.8) is 0 Å². The highest BCUT2D eigenvalue weighted by atomic mass is 16.4. The van der Waals surface area contributed by atoms with Gasteiger partial charge in [-0.2, -0.15) is 0 Å². The van der Waals surface area contributed by atoms with Crippen LogP contribution in [0.25, 0.3) is 11.8 Å². The van der Waals surface area contributed by atoms with E-state index in [1.807, 2.05) is 6.92 Å². The lowest BCUT2D eigenvalue weighted by atomic mass is 10.0. The molecule has 0 radical (unpaired) electrons. The fourth-order valence-corrected chi connectivity index (χ4v) is 4.65. The number of imide groups is 2. The van der Waals surface area contributed by atoms with Crippen molar-refractivity contribution < 1.29 is 24.3 Å². The summed E-state index contributed by atoms with van der Waals surface area (Å²) in [5, 5.41) is 9.69. The standard InChI is InChI=1S/C30H23N3O5/c1-19-17-21(20(2)31(19)26-16-10-9-15-24(26)29(36)37)18-25-27(34)32(22-11-5-3-6-12-22)30(38)33(28(25)35)23-13-7-4-8-14-23/h3-18H,1-2H3,(H,36,37).